The molecule has 0 saturated heterocycles. The summed E-state index contributed by atoms with van der Waals surface area (Å²) in [6, 6.07) is 15.0. The monoisotopic (exact) mass is 507 g/mol. The summed E-state index contributed by atoms with van der Waals surface area (Å²) in [5.41, 5.74) is 3.23. The number of benzene rings is 2. The van der Waals surface area contributed by atoms with E-state index in [9.17, 15) is 4.39 Å². The molecule has 3 rings (SSSR count). The first-order valence-corrected chi connectivity index (χ1v) is 9.46. The molecule has 0 unspecified atom stereocenters. The molecule has 0 bridgehead atoms. The van der Waals surface area contributed by atoms with Crippen molar-refractivity contribution in [3.8, 4) is 0 Å². The largest absolute Gasteiger partial charge is 0.357 e. The molecule has 0 aliphatic rings. The fourth-order valence-corrected chi connectivity index (χ4v) is 2.94. The Morgan fingerprint density at radius 2 is 1.83 bits per heavy atom. The standard InChI is InChI=1S/C22H26FN5.HI/c1-3-24-22(27-15-19-7-5-9-21(23)13-19)26-14-18-6-4-8-20(12-18)16-28-11-10-25-17(28)2;/h4-13H,3,14-16H2,1-2H3,(H2,24,26,27);1H. The van der Waals surface area contributed by atoms with Crippen LogP contribution >= 0.6 is 24.0 Å². The Balaban J connectivity index is 0.00000300. The molecule has 3 aromatic rings. The molecule has 0 aliphatic carbocycles. The number of guanidine groups is 1. The van der Waals surface area contributed by atoms with Crippen LogP contribution in [-0.2, 0) is 19.6 Å². The third-order valence-electron chi connectivity index (χ3n) is 4.38. The number of halogens is 2. The second kappa shape index (κ2) is 11.5. The average Bonchev–Trinajstić information content (AvgIpc) is 3.09. The molecular formula is C22H27FIN5. The second-order valence-electron chi connectivity index (χ2n) is 6.60. The van der Waals surface area contributed by atoms with Gasteiger partial charge in [-0.15, -0.1) is 24.0 Å². The van der Waals surface area contributed by atoms with Crippen LogP contribution in [0.25, 0.3) is 0 Å². The minimum absolute atomic E-state index is 0. The zero-order chi connectivity index (χ0) is 19.8. The molecule has 0 fully saturated rings. The molecule has 2 N–H and O–H groups in total. The topological polar surface area (TPSA) is 54.2 Å². The first-order chi connectivity index (χ1) is 13.6. The van der Waals surface area contributed by atoms with E-state index in [1.807, 2.05) is 32.3 Å². The minimum Gasteiger partial charge on any atom is -0.357 e. The van der Waals surface area contributed by atoms with Gasteiger partial charge in [0.1, 0.15) is 11.6 Å². The van der Waals surface area contributed by atoms with Gasteiger partial charge in [0, 0.05) is 32.0 Å². The van der Waals surface area contributed by atoms with Gasteiger partial charge in [0.15, 0.2) is 5.96 Å². The molecule has 0 aliphatic heterocycles. The number of rotatable bonds is 7. The van der Waals surface area contributed by atoms with Gasteiger partial charge in [-0.05, 0) is 42.7 Å². The summed E-state index contributed by atoms with van der Waals surface area (Å²) >= 11 is 0. The fourth-order valence-electron chi connectivity index (χ4n) is 2.94. The Bertz CT molecular complexity index is 938. The highest BCUT2D eigenvalue weighted by molar-refractivity contribution is 14.0. The quantitative estimate of drug-likeness (QED) is 0.286. The van der Waals surface area contributed by atoms with Crippen LogP contribution < -0.4 is 10.6 Å². The van der Waals surface area contributed by atoms with Crippen molar-refractivity contribution >= 4 is 29.9 Å². The van der Waals surface area contributed by atoms with E-state index in [2.05, 4.69) is 49.4 Å². The summed E-state index contributed by atoms with van der Waals surface area (Å²) < 4.78 is 15.4. The van der Waals surface area contributed by atoms with Crippen molar-refractivity contribution < 1.29 is 4.39 Å². The van der Waals surface area contributed by atoms with E-state index in [4.69, 9.17) is 0 Å². The highest BCUT2D eigenvalue weighted by atomic mass is 127. The lowest BCUT2D eigenvalue weighted by Crippen LogP contribution is -2.36. The third-order valence-corrected chi connectivity index (χ3v) is 4.38. The Hall–Kier alpha value is -2.42. The van der Waals surface area contributed by atoms with Crippen LogP contribution in [0, 0.1) is 12.7 Å². The summed E-state index contributed by atoms with van der Waals surface area (Å²) in [6.45, 7) is 6.66. The van der Waals surface area contributed by atoms with Crippen LogP contribution in [0.3, 0.4) is 0 Å². The van der Waals surface area contributed by atoms with E-state index in [1.54, 1.807) is 6.07 Å². The maximum Gasteiger partial charge on any atom is 0.191 e. The van der Waals surface area contributed by atoms with Gasteiger partial charge in [-0.1, -0.05) is 36.4 Å². The first-order valence-electron chi connectivity index (χ1n) is 9.46. The fraction of sp³-hybridized carbons (Fsp3) is 0.273. The number of imidazole rings is 1. The van der Waals surface area contributed by atoms with Crippen LogP contribution in [0.1, 0.15) is 29.4 Å². The zero-order valence-electron chi connectivity index (χ0n) is 16.7. The molecule has 7 heteroatoms. The van der Waals surface area contributed by atoms with Crippen molar-refractivity contribution in [2.45, 2.75) is 33.5 Å². The SMILES string of the molecule is CCNC(=NCc1cccc(Cn2ccnc2C)c1)NCc1cccc(F)c1.I. The molecule has 0 atom stereocenters. The van der Waals surface area contributed by atoms with E-state index in [0.717, 1.165) is 30.0 Å². The molecule has 154 valence electrons. The average molecular weight is 507 g/mol. The lowest BCUT2D eigenvalue weighted by molar-refractivity contribution is 0.624. The number of nitrogens with zero attached hydrogens (tertiary/aromatic N) is 3. The molecule has 0 saturated carbocycles. The second-order valence-corrected chi connectivity index (χ2v) is 6.60. The molecule has 5 nitrogen and oxygen atoms in total. The molecule has 1 aromatic heterocycles. The van der Waals surface area contributed by atoms with Gasteiger partial charge in [-0.2, -0.15) is 0 Å². The Morgan fingerprint density at radius 1 is 1.07 bits per heavy atom. The third kappa shape index (κ3) is 7.16. The molecule has 29 heavy (non-hydrogen) atoms. The first kappa shape index (κ1) is 22.9. The lowest BCUT2D eigenvalue weighted by Gasteiger charge is -2.12. The lowest BCUT2D eigenvalue weighted by atomic mass is 10.1. The molecule has 0 spiro atoms. The number of nitrogens with one attached hydrogen (secondary N) is 2. The van der Waals surface area contributed by atoms with Gasteiger partial charge >= 0.3 is 0 Å². The smallest absolute Gasteiger partial charge is 0.191 e. The van der Waals surface area contributed by atoms with Crippen molar-refractivity contribution in [3.05, 3.63) is 89.3 Å². The maximum atomic E-state index is 13.3. The molecule has 0 amide bonds. The molecule has 1 heterocycles. The van der Waals surface area contributed by atoms with Crippen LogP contribution in [0.15, 0.2) is 65.9 Å². The zero-order valence-corrected chi connectivity index (χ0v) is 19.1. The van der Waals surface area contributed by atoms with Crippen LogP contribution in [0.2, 0.25) is 0 Å². The van der Waals surface area contributed by atoms with Crippen LogP contribution in [0.5, 0.6) is 0 Å². The predicted molar refractivity (Wildman–Crippen MR) is 126 cm³/mol. The van der Waals surface area contributed by atoms with E-state index < -0.39 is 0 Å². The van der Waals surface area contributed by atoms with Crippen molar-refractivity contribution in [1.29, 1.82) is 0 Å². The summed E-state index contributed by atoms with van der Waals surface area (Å²) in [4.78, 5) is 8.93. The van der Waals surface area contributed by atoms with E-state index in [-0.39, 0.29) is 29.8 Å². The van der Waals surface area contributed by atoms with Gasteiger partial charge in [0.05, 0.1) is 6.54 Å². The van der Waals surface area contributed by atoms with Crippen molar-refractivity contribution in [3.63, 3.8) is 0 Å². The van der Waals surface area contributed by atoms with E-state index in [0.29, 0.717) is 19.0 Å². The highest BCUT2D eigenvalue weighted by Gasteiger charge is 2.02. The van der Waals surface area contributed by atoms with E-state index >= 15 is 0 Å². The highest BCUT2D eigenvalue weighted by Crippen LogP contribution is 2.10. The molecule has 2 aromatic carbocycles. The minimum atomic E-state index is -0.230. The van der Waals surface area contributed by atoms with Crippen LogP contribution in [-0.4, -0.2) is 22.1 Å². The maximum absolute atomic E-state index is 13.3. The van der Waals surface area contributed by atoms with Crippen molar-refractivity contribution in [1.82, 2.24) is 20.2 Å². The normalized spacial score (nSPS) is 11.1. The summed E-state index contributed by atoms with van der Waals surface area (Å²) in [6.07, 6.45) is 3.80. The Morgan fingerprint density at radius 3 is 2.55 bits per heavy atom. The van der Waals surface area contributed by atoms with Gasteiger partial charge in [-0.25, -0.2) is 14.4 Å². The predicted octanol–water partition coefficient (Wildman–Crippen LogP) is 4.25. The number of aromatic nitrogens is 2. The number of hydrogen-bond acceptors (Lipinski definition) is 2. The summed E-state index contributed by atoms with van der Waals surface area (Å²) in [5.74, 6) is 1.48. The molecule has 0 radical (unpaired) electrons. The number of aryl methyl sites for hydroxylation is 1. The molecular weight excluding hydrogens is 480 g/mol. The van der Waals surface area contributed by atoms with Crippen LogP contribution in [0.4, 0.5) is 4.39 Å². The van der Waals surface area contributed by atoms with Crippen molar-refractivity contribution in [2.75, 3.05) is 6.54 Å². The van der Waals surface area contributed by atoms with Gasteiger partial charge in [-0.3, -0.25) is 0 Å². The van der Waals surface area contributed by atoms with Crippen molar-refractivity contribution in [2.24, 2.45) is 4.99 Å². The van der Waals surface area contributed by atoms with Gasteiger partial charge in [0.25, 0.3) is 0 Å². The number of hydrogen-bond donors (Lipinski definition) is 2. The Labute approximate surface area is 188 Å². The van der Waals surface area contributed by atoms with Gasteiger partial charge < -0.3 is 15.2 Å². The summed E-state index contributed by atoms with van der Waals surface area (Å²) in [5, 5.41) is 6.48. The Kier molecular flexibility index (Phi) is 9.11. The van der Waals surface area contributed by atoms with Gasteiger partial charge in [0.2, 0.25) is 0 Å². The summed E-state index contributed by atoms with van der Waals surface area (Å²) in [7, 11) is 0. The van der Waals surface area contributed by atoms with E-state index in [1.165, 1.54) is 17.7 Å². The number of aliphatic imine (C=N–C) groups is 1.